The summed E-state index contributed by atoms with van der Waals surface area (Å²) in [6.45, 7) is 2.02. The molecular formula is C39H27N4OP. The topological polar surface area (TPSA) is 52.7 Å². The van der Waals surface area contributed by atoms with Crippen LogP contribution in [0.1, 0.15) is 5.82 Å². The van der Waals surface area contributed by atoms with Crippen LogP contribution < -0.4 is 15.9 Å². The Bertz CT molecular complexity index is 2460. The number of hydrogen-bond acceptors (Lipinski definition) is 3. The van der Waals surface area contributed by atoms with Crippen molar-refractivity contribution < 1.29 is 4.57 Å². The molecule has 8 aromatic rings. The van der Waals surface area contributed by atoms with E-state index in [1.54, 1.807) is 0 Å². The normalized spacial score (nSPS) is 15.4. The molecule has 45 heavy (non-hydrogen) atoms. The van der Waals surface area contributed by atoms with Gasteiger partial charge in [-0.1, -0.05) is 97.1 Å². The Kier molecular flexibility index (Phi) is 5.62. The Hall–Kier alpha value is -5.51. The Morgan fingerprint density at radius 3 is 2.02 bits per heavy atom. The standard InChI is InChI=1S/C39H27N4OP/c1-26-40-33-16-10-18-36-38(33)42(26)35-24-23-29(25-37(35)45(36,44)31-13-6-3-7-14-31)27-19-21-28(22-20-27)39-41-32-15-8-9-17-34(32)43(39)30-11-4-2-5-12-30/h2-25H,1H3. The van der Waals surface area contributed by atoms with Crippen LogP contribution in [0.2, 0.25) is 0 Å². The van der Waals surface area contributed by atoms with E-state index in [1.165, 1.54) is 0 Å². The second-order valence-corrected chi connectivity index (χ2v) is 14.2. The number of nitrogens with zero attached hydrogens (tertiary/aromatic N) is 4. The lowest BCUT2D eigenvalue weighted by Crippen LogP contribution is -2.33. The maximum atomic E-state index is 15.5. The van der Waals surface area contributed by atoms with Crippen molar-refractivity contribution in [2.75, 3.05) is 0 Å². The largest absolute Gasteiger partial charge is 0.308 e. The number of aromatic nitrogens is 4. The predicted octanol–water partition coefficient (Wildman–Crippen LogP) is 7.96. The molecule has 1 aliphatic rings. The number of para-hydroxylation sites is 4. The maximum absolute atomic E-state index is 15.5. The van der Waals surface area contributed by atoms with Crippen molar-refractivity contribution in [3.05, 3.63) is 151 Å². The molecule has 1 unspecified atom stereocenters. The van der Waals surface area contributed by atoms with Crippen molar-refractivity contribution in [3.8, 4) is 33.9 Å². The third kappa shape index (κ3) is 3.78. The molecule has 5 nitrogen and oxygen atoms in total. The summed E-state index contributed by atoms with van der Waals surface area (Å²) in [4.78, 5) is 9.87. The number of fused-ring (bicyclic) bond motifs is 3. The van der Waals surface area contributed by atoms with Gasteiger partial charge >= 0.3 is 0 Å². The molecular weight excluding hydrogens is 571 g/mol. The van der Waals surface area contributed by atoms with Crippen molar-refractivity contribution in [3.63, 3.8) is 0 Å². The summed E-state index contributed by atoms with van der Waals surface area (Å²) in [6, 6.07) is 49.4. The van der Waals surface area contributed by atoms with Gasteiger partial charge in [0.15, 0.2) is 7.14 Å². The van der Waals surface area contributed by atoms with Crippen LogP contribution >= 0.6 is 7.14 Å². The van der Waals surface area contributed by atoms with Crippen LogP contribution in [0.5, 0.6) is 0 Å². The Morgan fingerprint density at radius 2 is 1.22 bits per heavy atom. The van der Waals surface area contributed by atoms with Gasteiger partial charge in [-0.2, -0.15) is 0 Å². The monoisotopic (exact) mass is 598 g/mol. The molecule has 0 spiro atoms. The first-order valence-corrected chi connectivity index (χ1v) is 16.7. The maximum Gasteiger partial charge on any atom is 0.175 e. The first-order chi connectivity index (χ1) is 22.1. The highest BCUT2D eigenvalue weighted by atomic mass is 31.2. The van der Waals surface area contributed by atoms with Crippen LogP contribution in [0.25, 0.3) is 56.0 Å². The van der Waals surface area contributed by atoms with E-state index in [0.717, 1.165) is 77.7 Å². The Labute approximate surface area is 260 Å². The first kappa shape index (κ1) is 25.9. The van der Waals surface area contributed by atoms with Crippen molar-refractivity contribution in [2.24, 2.45) is 0 Å². The van der Waals surface area contributed by atoms with Crippen molar-refractivity contribution in [1.29, 1.82) is 0 Å². The van der Waals surface area contributed by atoms with Gasteiger partial charge in [0.1, 0.15) is 11.6 Å². The van der Waals surface area contributed by atoms with Crippen LogP contribution in [0.4, 0.5) is 0 Å². The minimum Gasteiger partial charge on any atom is -0.308 e. The molecule has 1 aliphatic heterocycles. The SMILES string of the molecule is Cc1nc2cccc3c2n1-c1ccc(-c2ccc(-c4nc5ccccc5n4-c4ccccc4)cc2)cc1P3(=O)c1ccccc1. The van der Waals surface area contributed by atoms with Crippen LogP contribution in [-0.4, -0.2) is 19.1 Å². The van der Waals surface area contributed by atoms with Crippen LogP contribution in [0, 0.1) is 6.92 Å². The zero-order chi connectivity index (χ0) is 30.1. The lowest BCUT2D eigenvalue weighted by Gasteiger charge is -2.29. The quantitative estimate of drug-likeness (QED) is 0.193. The second-order valence-electron chi connectivity index (χ2n) is 11.5. The highest BCUT2D eigenvalue weighted by Crippen LogP contribution is 2.50. The molecule has 2 aromatic heterocycles. The number of aryl methyl sites for hydroxylation is 1. The fourth-order valence-electron chi connectivity index (χ4n) is 6.83. The molecule has 0 radical (unpaired) electrons. The Balaban J connectivity index is 1.20. The molecule has 9 rings (SSSR count). The minimum atomic E-state index is -3.19. The number of hydrogen-bond donors (Lipinski definition) is 0. The van der Waals surface area contributed by atoms with Gasteiger partial charge in [-0.05, 0) is 66.6 Å². The van der Waals surface area contributed by atoms with Crippen LogP contribution in [-0.2, 0) is 4.57 Å². The third-order valence-corrected chi connectivity index (χ3v) is 12.0. The molecule has 1 atom stereocenters. The molecule has 0 fully saturated rings. The van der Waals surface area contributed by atoms with Crippen molar-refractivity contribution in [1.82, 2.24) is 19.1 Å². The highest BCUT2D eigenvalue weighted by Gasteiger charge is 2.39. The summed E-state index contributed by atoms with van der Waals surface area (Å²) in [5.41, 5.74) is 8.92. The van der Waals surface area contributed by atoms with Crippen LogP contribution in [0.3, 0.4) is 0 Å². The number of benzene rings is 6. The zero-order valence-corrected chi connectivity index (χ0v) is 25.4. The molecule has 0 saturated carbocycles. The fourth-order valence-corrected chi connectivity index (χ4v) is 9.87. The van der Waals surface area contributed by atoms with E-state index in [2.05, 4.69) is 94.1 Å². The molecule has 214 valence electrons. The predicted molar refractivity (Wildman–Crippen MR) is 184 cm³/mol. The fraction of sp³-hybridized carbons (Fsp3) is 0.0256. The summed E-state index contributed by atoms with van der Waals surface area (Å²) in [7, 11) is -3.19. The van der Waals surface area contributed by atoms with E-state index >= 15 is 4.57 Å². The van der Waals surface area contributed by atoms with Gasteiger partial charge in [-0.25, -0.2) is 9.97 Å². The van der Waals surface area contributed by atoms with Gasteiger partial charge in [0, 0.05) is 27.2 Å². The van der Waals surface area contributed by atoms with E-state index in [4.69, 9.17) is 9.97 Å². The van der Waals surface area contributed by atoms with Crippen molar-refractivity contribution >= 4 is 45.1 Å². The molecule has 0 aliphatic carbocycles. The zero-order valence-electron chi connectivity index (χ0n) is 24.5. The minimum absolute atomic E-state index is 0.830. The summed E-state index contributed by atoms with van der Waals surface area (Å²) in [5, 5.41) is 2.50. The van der Waals surface area contributed by atoms with Gasteiger partial charge in [-0.15, -0.1) is 0 Å². The molecule has 0 amide bonds. The molecule has 6 aromatic carbocycles. The van der Waals surface area contributed by atoms with E-state index < -0.39 is 7.14 Å². The van der Waals surface area contributed by atoms with Gasteiger partial charge in [-0.3, -0.25) is 9.13 Å². The summed E-state index contributed by atoms with van der Waals surface area (Å²) >= 11 is 0. The lowest BCUT2D eigenvalue weighted by molar-refractivity contribution is 0.592. The van der Waals surface area contributed by atoms with Gasteiger partial charge in [0.25, 0.3) is 0 Å². The van der Waals surface area contributed by atoms with E-state index in [-0.39, 0.29) is 0 Å². The number of rotatable bonds is 4. The van der Waals surface area contributed by atoms with E-state index in [1.807, 2.05) is 67.6 Å². The molecule has 0 bridgehead atoms. The van der Waals surface area contributed by atoms with E-state index in [9.17, 15) is 0 Å². The van der Waals surface area contributed by atoms with Gasteiger partial charge < -0.3 is 4.57 Å². The molecule has 0 saturated heterocycles. The van der Waals surface area contributed by atoms with Crippen LogP contribution in [0.15, 0.2) is 146 Å². The summed E-state index contributed by atoms with van der Waals surface area (Å²) < 4.78 is 19.9. The van der Waals surface area contributed by atoms with Crippen molar-refractivity contribution in [2.45, 2.75) is 6.92 Å². The summed E-state index contributed by atoms with van der Waals surface area (Å²) in [6.07, 6.45) is 0. The highest BCUT2D eigenvalue weighted by molar-refractivity contribution is 7.86. The van der Waals surface area contributed by atoms with Gasteiger partial charge in [0.05, 0.1) is 27.8 Å². The van der Waals surface area contributed by atoms with Gasteiger partial charge in [0.2, 0.25) is 0 Å². The lowest BCUT2D eigenvalue weighted by atomic mass is 10.0. The third-order valence-electron chi connectivity index (χ3n) is 8.89. The van der Waals surface area contributed by atoms with E-state index in [0.29, 0.717) is 0 Å². The average Bonchev–Trinajstić information content (AvgIpc) is 3.66. The Morgan fingerprint density at radius 1 is 0.556 bits per heavy atom. The molecule has 0 N–H and O–H groups in total. The molecule has 3 heterocycles. The molecule has 6 heteroatoms. The average molecular weight is 599 g/mol. The number of imidazole rings is 2. The smallest absolute Gasteiger partial charge is 0.175 e. The summed E-state index contributed by atoms with van der Waals surface area (Å²) in [5.74, 6) is 1.78. The first-order valence-electron chi connectivity index (χ1n) is 15.0. The second kappa shape index (κ2) is 9.75.